The van der Waals surface area contributed by atoms with Gasteiger partial charge in [-0.15, -0.1) is 0 Å². The minimum atomic E-state index is -0.833. The number of nitrogens with one attached hydrogen (secondary N) is 1. The van der Waals surface area contributed by atoms with Crippen LogP contribution in [0.25, 0.3) is 10.8 Å². The fourth-order valence-corrected chi connectivity index (χ4v) is 2.13. The Morgan fingerprint density at radius 1 is 1.12 bits per heavy atom. The van der Waals surface area contributed by atoms with E-state index in [1.807, 2.05) is 42.5 Å². The average molecular weight is 333 g/mol. The fraction of sp³-hybridized carbons (Fsp3) is 0.333. The Hall–Kier alpha value is -2.60. The minimum Gasteiger partial charge on any atom is -0.493 e. The molecule has 2 rings (SSSR count). The van der Waals surface area contributed by atoms with Gasteiger partial charge in [-0.2, -0.15) is 0 Å². The Labute approximate surface area is 141 Å². The maximum atomic E-state index is 11.0. The summed E-state index contributed by atoms with van der Waals surface area (Å²) in [6, 6.07) is 13.7. The van der Waals surface area contributed by atoms with Crippen molar-refractivity contribution in [3.05, 3.63) is 42.5 Å². The summed E-state index contributed by atoms with van der Waals surface area (Å²) in [5, 5.41) is 21.5. The molecular weight excluding hydrogens is 310 g/mol. The number of benzene rings is 2. The molecule has 24 heavy (non-hydrogen) atoms. The maximum absolute atomic E-state index is 11.0. The molecule has 1 unspecified atom stereocenters. The minimum absolute atomic E-state index is 0.0848. The third-order valence-electron chi connectivity index (χ3n) is 3.10. The van der Waals surface area contributed by atoms with Gasteiger partial charge in [-0.25, -0.2) is 0 Å². The van der Waals surface area contributed by atoms with Gasteiger partial charge in [0, 0.05) is 25.7 Å². The second-order valence-electron chi connectivity index (χ2n) is 5.21. The van der Waals surface area contributed by atoms with E-state index < -0.39 is 5.97 Å². The van der Waals surface area contributed by atoms with E-state index >= 15 is 0 Å². The number of aliphatic carboxylic acids is 1. The molecule has 0 bridgehead atoms. The summed E-state index contributed by atoms with van der Waals surface area (Å²) in [6.07, 6.45) is 0.569. The Bertz CT molecular complexity index is 662. The normalized spacial score (nSPS) is 11.1. The lowest BCUT2D eigenvalue weighted by Crippen LogP contribution is -2.37. The van der Waals surface area contributed by atoms with Crippen LogP contribution < -0.4 is 10.1 Å². The highest BCUT2D eigenvalue weighted by Gasteiger charge is 2.09. The van der Waals surface area contributed by atoms with Crippen LogP contribution in [-0.4, -0.2) is 41.3 Å². The lowest BCUT2D eigenvalue weighted by molar-refractivity contribution is -0.134. The van der Waals surface area contributed by atoms with Crippen LogP contribution in [0.15, 0.2) is 42.5 Å². The molecule has 0 saturated heterocycles. The number of fused-ring (bicyclic) bond motifs is 1. The van der Waals surface area contributed by atoms with Crippen LogP contribution in [0.5, 0.6) is 5.75 Å². The van der Waals surface area contributed by atoms with Crippen LogP contribution in [0.3, 0.4) is 0 Å². The number of aliphatic hydroxyl groups is 1. The van der Waals surface area contributed by atoms with E-state index in [9.17, 15) is 9.90 Å². The van der Waals surface area contributed by atoms with Gasteiger partial charge in [0.1, 0.15) is 5.75 Å². The van der Waals surface area contributed by atoms with Gasteiger partial charge in [0.2, 0.25) is 5.91 Å². The van der Waals surface area contributed by atoms with E-state index in [1.54, 1.807) is 0 Å². The Kier molecular flexibility index (Phi) is 8.29. The zero-order chi connectivity index (χ0) is 17.9. The van der Waals surface area contributed by atoms with Crippen LogP contribution in [0, 0.1) is 0 Å². The summed E-state index contributed by atoms with van der Waals surface area (Å²) in [4.78, 5) is 20.0. The zero-order valence-electron chi connectivity index (χ0n) is 13.9. The molecule has 1 atom stereocenters. The molecule has 0 aromatic heterocycles. The standard InChI is InChI=1S/C16H19NO3.C2H4O2/c1-12(19)17-14(11-18)9-10-20-16-8-4-6-13-5-2-3-7-15(13)16;1-2(3)4/h2-8,14,18H,9-11H2,1H3,(H,17,19);1H3,(H,3,4). The van der Waals surface area contributed by atoms with Crippen molar-refractivity contribution in [2.45, 2.75) is 26.3 Å². The van der Waals surface area contributed by atoms with Crippen molar-refractivity contribution in [3.8, 4) is 5.75 Å². The molecule has 6 heteroatoms. The first-order valence-electron chi connectivity index (χ1n) is 7.62. The van der Waals surface area contributed by atoms with E-state index in [1.165, 1.54) is 6.92 Å². The van der Waals surface area contributed by atoms with Gasteiger partial charge in [0.15, 0.2) is 0 Å². The molecule has 2 aromatic carbocycles. The highest BCUT2D eigenvalue weighted by atomic mass is 16.5. The number of hydrogen-bond acceptors (Lipinski definition) is 4. The number of aliphatic hydroxyl groups excluding tert-OH is 1. The molecule has 2 aromatic rings. The Morgan fingerprint density at radius 2 is 1.75 bits per heavy atom. The van der Waals surface area contributed by atoms with Gasteiger partial charge >= 0.3 is 0 Å². The molecule has 3 N–H and O–H groups in total. The summed E-state index contributed by atoms with van der Waals surface area (Å²) in [7, 11) is 0. The summed E-state index contributed by atoms with van der Waals surface area (Å²) >= 11 is 0. The van der Waals surface area contributed by atoms with E-state index in [4.69, 9.17) is 14.6 Å². The molecule has 0 aliphatic rings. The van der Waals surface area contributed by atoms with Gasteiger partial charge in [0.05, 0.1) is 19.3 Å². The van der Waals surface area contributed by atoms with Crippen LogP contribution in [0.1, 0.15) is 20.3 Å². The van der Waals surface area contributed by atoms with Gasteiger partial charge < -0.3 is 20.3 Å². The number of amides is 1. The number of hydrogen-bond donors (Lipinski definition) is 3. The number of carbonyl (C=O) groups is 2. The Morgan fingerprint density at radius 3 is 2.38 bits per heavy atom. The van der Waals surface area contributed by atoms with Gasteiger partial charge in [-0.05, 0) is 11.5 Å². The van der Waals surface area contributed by atoms with Crippen LogP contribution in [0.2, 0.25) is 0 Å². The monoisotopic (exact) mass is 333 g/mol. The van der Waals surface area contributed by atoms with Crippen molar-refractivity contribution in [2.75, 3.05) is 13.2 Å². The zero-order valence-corrected chi connectivity index (χ0v) is 13.9. The lowest BCUT2D eigenvalue weighted by Gasteiger charge is -2.16. The molecule has 0 aliphatic carbocycles. The van der Waals surface area contributed by atoms with Crippen LogP contribution in [-0.2, 0) is 9.59 Å². The smallest absolute Gasteiger partial charge is 0.300 e. The summed E-state index contributed by atoms with van der Waals surface area (Å²) in [6.45, 7) is 2.88. The van der Waals surface area contributed by atoms with Crippen molar-refractivity contribution in [1.29, 1.82) is 0 Å². The molecule has 6 nitrogen and oxygen atoms in total. The van der Waals surface area contributed by atoms with Gasteiger partial charge in [-0.3, -0.25) is 9.59 Å². The number of rotatable bonds is 6. The predicted octanol–water partition coefficient (Wildman–Crippen LogP) is 2.20. The summed E-state index contributed by atoms with van der Waals surface area (Å²) < 4.78 is 5.77. The third-order valence-corrected chi connectivity index (χ3v) is 3.10. The third kappa shape index (κ3) is 7.11. The average Bonchev–Trinajstić information content (AvgIpc) is 2.53. The van der Waals surface area contributed by atoms with Gasteiger partial charge in [0.25, 0.3) is 5.97 Å². The summed E-state index contributed by atoms with van der Waals surface area (Å²) in [5.74, 6) is -0.156. The van der Waals surface area contributed by atoms with Crippen molar-refractivity contribution in [2.24, 2.45) is 0 Å². The quantitative estimate of drug-likeness (QED) is 0.753. The first-order chi connectivity index (χ1) is 11.4. The number of carboxylic acids is 1. The highest BCUT2D eigenvalue weighted by Crippen LogP contribution is 2.25. The second-order valence-corrected chi connectivity index (χ2v) is 5.21. The first kappa shape index (κ1) is 19.4. The largest absolute Gasteiger partial charge is 0.493 e. The molecule has 130 valence electrons. The number of carboxylic acid groups (broad SMARTS) is 1. The van der Waals surface area contributed by atoms with Crippen molar-refractivity contribution in [3.63, 3.8) is 0 Å². The molecule has 0 radical (unpaired) electrons. The van der Waals surface area contributed by atoms with Crippen LogP contribution >= 0.6 is 0 Å². The molecule has 0 saturated carbocycles. The predicted molar refractivity (Wildman–Crippen MR) is 92.1 cm³/mol. The first-order valence-corrected chi connectivity index (χ1v) is 7.62. The molecule has 0 aliphatic heterocycles. The number of carbonyl (C=O) groups excluding carboxylic acids is 1. The highest BCUT2D eigenvalue weighted by molar-refractivity contribution is 5.88. The molecule has 1 amide bonds. The van der Waals surface area contributed by atoms with Crippen LogP contribution in [0.4, 0.5) is 0 Å². The van der Waals surface area contributed by atoms with E-state index in [2.05, 4.69) is 5.32 Å². The maximum Gasteiger partial charge on any atom is 0.300 e. The molecular formula is C18H23NO5. The van der Waals surface area contributed by atoms with Crippen molar-refractivity contribution < 1.29 is 24.5 Å². The second kappa shape index (κ2) is 10.2. The number of ether oxygens (including phenoxy) is 1. The fourth-order valence-electron chi connectivity index (χ4n) is 2.13. The van der Waals surface area contributed by atoms with E-state index in [0.29, 0.717) is 13.0 Å². The Balaban J connectivity index is 0.000000648. The lowest BCUT2D eigenvalue weighted by atomic mass is 10.1. The molecule has 0 heterocycles. The van der Waals surface area contributed by atoms with E-state index in [0.717, 1.165) is 23.4 Å². The molecule has 0 fully saturated rings. The molecule has 0 spiro atoms. The van der Waals surface area contributed by atoms with Crippen molar-refractivity contribution in [1.82, 2.24) is 5.32 Å². The SMILES string of the molecule is CC(=O)NC(CO)CCOc1cccc2ccccc12.CC(=O)O. The topological polar surface area (TPSA) is 95.9 Å². The van der Waals surface area contributed by atoms with Gasteiger partial charge in [-0.1, -0.05) is 36.4 Å². The van der Waals surface area contributed by atoms with Crippen molar-refractivity contribution >= 4 is 22.6 Å². The summed E-state index contributed by atoms with van der Waals surface area (Å²) in [5.41, 5.74) is 0. The van der Waals surface area contributed by atoms with E-state index in [-0.39, 0.29) is 18.6 Å².